The highest BCUT2D eigenvalue weighted by Crippen LogP contribution is 2.25. The summed E-state index contributed by atoms with van der Waals surface area (Å²) < 4.78 is 1.53. The number of amides is 1. The molecule has 1 aromatic carbocycles. The van der Waals surface area contributed by atoms with Gasteiger partial charge in [0.15, 0.2) is 0 Å². The Kier molecular flexibility index (Phi) is 6.26. The second-order valence-corrected chi connectivity index (χ2v) is 8.35. The first kappa shape index (κ1) is 20.2. The van der Waals surface area contributed by atoms with Crippen molar-refractivity contribution in [2.75, 3.05) is 20.6 Å². The number of carbonyl (C=O) groups is 1. The van der Waals surface area contributed by atoms with Gasteiger partial charge in [0.2, 0.25) is 5.91 Å². The van der Waals surface area contributed by atoms with Crippen molar-refractivity contribution in [3.63, 3.8) is 0 Å². The van der Waals surface area contributed by atoms with E-state index in [9.17, 15) is 9.59 Å². The van der Waals surface area contributed by atoms with Crippen LogP contribution in [0.3, 0.4) is 0 Å². The number of hydrogen-bond donors (Lipinski definition) is 1. The van der Waals surface area contributed by atoms with Crippen molar-refractivity contribution >= 4 is 27.5 Å². The van der Waals surface area contributed by atoms with Crippen molar-refractivity contribution in [1.82, 2.24) is 19.8 Å². The second kappa shape index (κ2) is 8.67. The predicted molar refractivity (Wildman–Crippen MR) is 114 cm³/mol. The molecule has 2 heterocycles. The van der Waals surface area contributed by atoms with Gasteiger partial charge in [-0.1, -0.05) is 30.3 Å². The van der Waals surface area contributed by atoms with Gasteiger partial charge in [0.1, 0.15) is 4.83 Å². The number of carbonyl (C=O) groups excluding carboxylic acids is 1. The molecule has 0 fully saturated rings. The fraction of sp³-hybridized carbons (Fsp3) is 0.381. The quantitative estimate of drug-likeness (QED) is 0.665. The van der Waals surface area contributed by atoms with Gasteiger partial charge >= 0.3 is 0 Å². The second-order valence-electron chi connectivity index (χ2n) is 7.15. The van der Waals surface area contributed by atoms with E-state index in [1.165, 1.54) is 15.9 Å². The Balaban J connectivity index is 1.63. The number of benzene rings is 1. The number of nitrogens with zero attached hydrogens (tertiary/aromatic N) is 3. The zero-order chi connectivity index (χ0) is 20.3. The Hall–Kier alpha value is -2.51. The Morgan fingerprint density at radius 3 is 2.64 bits per heavy atom. The maximum Gasteiger partial charge on any atom is 0.262 e. The molecule has 0 spiro atoms. The fourth-order valence-corrected chi connectivity index (χ4v) is 4.21. The molecule has 7 heteroatoms. The minimum absolute atomic E-state index is 0.0740. The monoisotopic (exact) mass is 398 g/mol. The summed E-state index contributed by atoms with van der Waals surface area (Å²) in [7, 11) is 3.99. The normalized spacial score (nSPS) is 12.5. The van der Waals surface area contributed by atoms with E-state index in [2.05, 4.69) is 27.3 Å². The minimum atomic E-state index is -0.0759. The number of aryl methyl sites for hydroxylation is 3. The summed E-state index contributed by atoms with van der Waals surface area (Å²) in [6, 6.07) is 10.2. The molecule has 3 aromatic rings. The van der Waals surface area contributed by atoms with Gasteiger partial charge in [-0.15, -0.1) is 11.3 Å². The lowest BCUT2D eigenvalue weighted by molar-refractivity contribution is -0.121. The van der Waals surface area contributed by atoms with E-state index in [1.54, 1.807) is 6.33 Å². The maximum atomic E-state index is 12.7. The van der Waals surface area contributed by atoms with Crippen LogP contribution in [0.15, 0.2) is 41.5 Å². The first-order valence-corrected chi connectivity index (χ1v) is 10.1. The van der Waals surface area contributed by atoms with Gasteiger partial charge in [-0.25, -0.2) is 4.98 Å². The molecule has 0 saturated carbocycles. The van der Waals surface area contributed by atoms with Crippen LogP contribution in [0.25, 0.3) is 10.2 Å². The highest BCUT2D eigenvalue weighted by molar-refractivity contribution is 7.18. The molecule has 2 aromatic heterocycles. The molecule has 0 aliphatic rings. The third-order valence-electron chi connectivity index (χ3n) is 5.04. The summed E-state index contributed by atoms with van der Waals surface area (Å²) in [6.07, 6.45) is 1.78. The number of nitrogens with one attached hydrogen (secondary N) is 1. The van der Waals surface area contributed by atoms with Crippen LogP contribution in [0.5, 0.6) is 0 Å². The molecule has 1 amide bonds. The Morgan fingerprint density at radius 2 is 1.96 bits per heavy atom. The highest BCUT2D eigenvalue weighted by atomic mass is 32.1. The molecule has 1 unspecified atom stereocenters. The Labute approximate surface area is 168 Å². The van der Waals surface area contributed by atoms with Gasteiger partial charge in [0.05, 0.1) is 17.8 Å². The summed E-state index contributed by atoms with van der Waals surface area (Å²) in [4.78, 5) is 33.4. The molecule has 0 aliphatic heterocycles. The van der Waals surface area contributed by atoms with E-state index in [1.807, 2.05) is 46.1 Å². The summed E-state index contributed by atoms with van der Waals surface area (Å²) in [5.41, 5.74) is 2.06. The highest BCUT2D eigenvalue weighted by Gasteiger charge is 2.16. The molecule has 28 heavy (non-hydrogen) atoms. The lowest BCUT2D eigenvalue weighted by Gasteiger charge is -2.25. The van der Waals surface area contributed by atoms with Crippen LogP contribution in [-0.4, -0.2) is 41.0 Å². The summed E-state index contributed by atoms with van der Waals surface area (Å²) >= 11 is 1.53. The van der Waals surface area contributed by atoms with Gasteiger partial charge < -0.3 is 10.2 Å². The van der Waals surface area contributed by atoms with E-state index in [0.717, 1.165) is 20.8 Å². The molecular formula is C21H26N4O2S. The van der Waals surface area contributed by atoms with Crippen molar-refractivity contribution in [2.45, 2.75) is 32.9 Å². The number of hydrogen-bond acceptors (Lipinski definition) is 5. The number of likely N-dealkylation sites (N-methyl/N-ethyl adjacent to an activating group) is 1. The molecule has 0 radical (unpaired) electrons. The molecule has 0 bridgehead atoms. The molecule has 0 saturated heterocycles. The van der Waals surface area contributed by atoms with Gasteiger partial charge in [-0.3, -0.25) is 14.2 Å². The van der Waals surface area contributed by atoms with Crippen LogP contribution in [0, 0.1) is 13.8 Å². The van der Waals surface area contributed by atoms with Crippen molar-refractivity contribution in [2.24, 2.45) is 0 Å². The van der Waals surface area contributed by atoms with Gasteiger partial charge in [0.25, 0.3) is 5.56 Å². The third kappa shape index (κ3) is 4.31. The summed E-state index contributed by atoms with van der Waals surface area (Å²) in [5, 5.41) is 3.66. The van der Waals surface area contributed by atoms with Crippen molar-refractivity contribution in [1.29, 1.82) is 0 Å². The van der Waals surface area contributed by atoms with Crippen LogP contribution >= 0.6 is 11.3 Å². The lowest BCUT2D eigenvalue weighted by Crippen LogP contribution is -2.35. The van der Waals surface area contributed by atoms with E-state index >= 15 is 0 Å². The topological polar surface area (TPSA) is 67.2 Å². The Bertz CT molecular complexity index is 1020. The zero-order valence-electron chi connectivity index (χ0n) is 16.7. The number of fused-ring (bicyclic) bond motifs is 1. The average molecular weight is 399 g/mol. The van der Waals surface area contributed by atoms with Crippen molar-refractivity contribution < 1.29 is 4.79 Å². The first-order valence-electron chi connectivity index (χ1n) is 9.31. The predicted octanol–water partition coefficient (Wildman–Crippen LogP) is 2.88. The number of aromatic nitrogens is 2. The van der Waals surface area contributed by atoms with E-state index < -0.39 is 0 Å². The van der Waals surface area contributed by atoms with Crippen molar-refractivity contribution in [3.8, 4) is 0 Å². The number of rotatable bonds is 7. The molecule has 0 aliphatic carbocycles. The van der Waals surface area contributed by atoms with Crippen molar-refractivity contribution in [3.05, 3.63) is 63.0 Å². The Morgan fingerprint density at radius 1 is 1.25 bits per heavy atom. The molecule has 1 atom stereocenters. The van der Waals surface area contributed by atoms with E-state index in [-0.39, 0.29) is 23.9 Å². The van der Waals surface area contributed by atoms with Gasteiger partial charge in [-0.2, -0.15) is 0 Å². The van der Waals surface area contributed by atoms with Crippen LogP contribution in [0.1, 0.15) is 28.5 Å². The largest absolute Gasteiger partial charge is 0.354 e. The van der Waals surface area contributed by atoms with E-state index in [4.69, 9.17) is 0 Å². The average Bonchev–Trinajstić information content (AvgIpc) is 2.96. The third-order valence-corrected chi connectivity index (χ3v) is 6.15. The first-order chi connectivity index (χ1) is 13.4. The molecule has 3 rings (SSSR count). The van der Waals surface area contributed by atoms with Crippen LogP contribution < -0.4 is 10.9 Å². The molecular weight excluding hydrogens is 372 g/mol. The van der Waals surface area contributed by atoms with Crippen LogP contribution in [0.2, 0.25) is 0 Å². The minimum Gasteiger partial charge on any atom is -0.354 e. The molecule has 148 valence electrons. The summed E-state index contributed by atoms with van der Waals surface area (Å²) in [5.74, 6) is -0.0759. The zero-order valence-corrected chi connectivity index (χ0v) is 17.5. The van der Waals surface area contributed by atoms with Crippen LogP contribution in [0.4, 0.5) is 0 Å². The fourth-order valence-electron chi connectivity index (χ4n) is 3.22. The van der Waals surface area contributed by atoms with Gasteiger partial charge in [-0.05, 0) is 39.1 Å². The summed E-state index contributed by atoms with van der Waals surface area (Å²) in [6.45, 7) is 4.77. The van der Waals surface area contributed by atoms with Gasteiger partial charge in [0, 0.05) is 24.4 Å². The SMILES string of the molecule is Cc1sc2ncn(CCC(=O)NCC(c3ccccc3)N(C)C)c(=O)c2c1C. The maximum absolute atomic E-state index is 12.7. The van der Waals surface area contributed by atoms with Crippen LogP contribution in [-0.2, 0) is 11.3 Å². The number of thiophene rings is 1. The molecule has 6 nitrogen and oxygen atoms in total. The molecule has 1 N–H and O–H groups in total. The smallest absolute Gasteiger partial charge is 0.262 e. The standard InChI is InChI=1S/C21H26N4O2S/c1-14-15(2)28-20-19(14)21(27)25(13-23-20)11-10-18(26)22-12-17(24(3)4)16-8-6-5-7-9-16/h5-9,13,17H,10-12H2,1-4H3,(H,22,26). The van der Waals surface area contributed by atoms with E-state index in [0.29, 0.717) is 18.5 Å². The lowest BCUT2D eigenvalue weighted by atomic mass is 10.1.